The minimum atomic E-state index is 0.0708. The lowest BCUT2D eigenvalue weighted by Gasteiger charge is -2.29. The van der Waals surface area contributed by atoms with Gasteiger partial charge in [0.2, 0.25) is 5.91 Å². The van der Waals surface area contributed by atoms with Crippen molar-refractivity contribution in [3.63, 3.8) is 0 Å². The largest absolute Gasteiger partial charge is 0.469 e. The predicted octanol–water partition coefficient (Wildman–Crippen LogP) is 3.81. The molecule has 1 N–H and O–H groups in total. The fourth-order valence-electron chi connectivity index (χ4n) is 4.28. The molecule has 0 spiro atoms. The van der Waals surface area contributed by atoms with E-state index >= 15 is 0 Å². The van der Waals surface area contributed by atoms with E-state index in [0.717, 1.165) is 48.2 Å². The van der Waals surface area contributed by atoms with Gasteiger partial charge in [0, 0.05) is 12.6 Å². The molecule has 1 saturated carbocycles. The van der Waals surface area contributed by atoms with E-state index in [1.54, 1.807) is 6.26 Å². The first kappa shape index (κ1) is 20.5. The summed E-state index contributed by atoms with van der Waals surface area (Å²) in [6.07, 6.45) is 8.69. The number of furan rings is 1. The van der Waals surface area contributed by atoms with Crippen molar-refractivity contribution in [1.82, 2.24) is 20.1 Å². The van der Waals surface area contributed by atoms with Crippen molar-refractivity contribution in [3.8, 4) is 11.4 Å². The standard InChI is InChI=1S/C21H30N4O3S/c1-14-6-3-4-8-18(14)22-19(26)13-29-21-24-23-20(17-9-11-27-15(17)2)25(21)12-16-7-5-10-28-16/h9,11,14,16,18H,3-8,10,12-13H2,1-2H3,(H,22,26)/t14-,16+,18-/m1/s1. The van der Waals surface area contributed by atoms with Gasteiger partial charge in [-0.05, 0) is 44.6 Å². The van der Waals surface area contributed by atoms with Crippen LogP contribution in [0.5, 0.6) is 0 Å². The number of aromatic nitrogens is 3. The van der Waals surface area contributed by atoms with Crippen LogP contribution in [0.2, 0.25) is 0 Å². The highest BCUT2D eigenvalue weighted by Crippen LogP contribution is 2.29. The molecule has 1 amide bonds. The minimum Gasteiger partial charge on any atom is -0.469 e. The molecule has 4 rings (SSSR count). The van der Waals surface area contributed by atoms with E-state index in [1.807, 2.05) is 13.0 Å². The molecule has 0 bridgehead atoms. The molecule has 2 fully saturated rings. The molecule has 29 heavy (non-hydrogen) atoms. The first-order valence-electron chi connectivity index (χ1n) is 10.6. The van der Waals surface area contributed by atoms with E-state index in [4.69, 9.17) is 9.15 Å². The minimum absolute atomic E-state index is 0.0708. The van der Waals surface area contributed by atoms with Crippen LogP contribution < -0.4 is 5.32 Å². The second-order valence-electron chi connectivity index (χ2n) is 8.17. The third-order valence-electron chi connectivity index (χ3n) is 6.02. The Balaban J connectivity index is 1.45. The van der Waals surface area contributed by atoms with Crippen LogP contribution in [0.4, 0.5) is 0 Å². The molecular formula is C21H30N4O3S. The zero-order valence-corrected chi connectivity index (χ0v) is 18.0. The molecule has 2 aliphatic rings. The molecular weight excluding hydrogens is 388 g/mol. The maximum absolute atomic E-state index is 12.5. The lowest BCUT2D eigenvalue weighted by Crippen LogP contribution is -2.41. The maximum atomic E-state index is 12.5. The number of thioether (sulfide) groups is 1. The quantitative estimate of drug-likeness (QED) is 0.689. The molecule has 7 nitrogen and oxygen atoms in total. The summed E-state index contributed by atoms with van der Waals surface area (Å²) in [6, 6.07) is 2.21. The molecule has 0 aromatic carbocycles. The van der Waals surface area contributed by atoms with Gasteiger partial charge in [0.1, 0.15) is 5.76 Å². The molecule has 3 heterocycles. The van der Waals surface area contributed by atoms with Crippen LogP contribution in [0, 0.1) is 12.8 Å². The van der Waals surface area contributed by atoms with Gasteiger partial charge < -0.3 is 14.5 Å². The molecule has 0 radical (unpaired) electrons. The Morgan fingerprint density at radius 1 is 1.28 bits per heavy atom. The van der Waals surface area contributed by atoms with Crippen molar-refractivity contribution in [1.29, 1.82) is 0 Å². The number of carbonyl (C=O) groups excluding carboxylic acids is 1. The Kier molecular flexibility index (Phi) is 6.60. The van der Waals surface area contributed by atoms with Gasteiger partial charge in [-0.2, -0.15) is 0 Å². The van der Waals surface area contributed by atoms with Gasteiger partial charge in [-0.15, -0.1) is 10.2 Å². The van der Waals surface area contributed by atoms with Crippen molar-refractivity contribution in [2.75, 3.05) is 12.4 Å². The summed E-state index contributed by atoms with van der Waals surface area (Å²) < 4.78 is 13.4. The Hall–Kier alpha value is -1.80. The maximum Gasteiger partial charge on any atom is 0.230 e. The van der Waals surface area contributed by atoms with Gasteiger partial charge in [0.05, 0.1) is 30.2 Å². The fourth-order valence-corrected chi connectivity index (χ4v) is 5.04. The van der Waals surface area contributed by atoms with Gasteiger partial charge in [-0.25, -0.2) is 0 Å². The fraction of sp³-hybridized carbons (Fsp3) is 0.667. The summed E-state index contributed by atoms with van der Waals surface area (Å²) in [5.74, 6) is 2.55. The summed E-state index contributed by atoms with van der Waals surface area (Å²) in [6.45, 7) is 5.65. The van der Waals surface area contributed by atoms with Crippen LogP contribution in [0.25, 0.3) is 11.4 Å². The number of rotatable bonds is 7. The van der Waals surface area contributed by atoms with E-state index in [1.165, 1.54) is 31.0 Å². The third kappa shape index (κ3) is 4.86. The molecule has 158 valence electrons. The van der Waals surface area contributed by atoms with Gasteiger partial charge in [0.25, 0.3) is 0 Å². The highest BCUT2D eigenvalue weighted by molar-refractivity contribution is 7.99. The molecule has 2 aromatic rings. The summed E-state index contributed by atoms with van der Waals surface area (Å²) in [4.78, 5) is 12.5. The Morgan fingerprint density at radius 2 is 2.14 bits per heavy atom. The SMILES string of the molecule is Cc1occc1-c1nnc(SCC(=O)N[C@@H]2CCCC[C@H]2C)n1C[C@@H]1CCCO1. The van der Waals surface area contributed by atoms with Gasteiger partial charge in [-0.1, -0.05) is 31.5 Å². The zero-order chi connectivity index (χ0) is 20.2. The van der Waals surface area contributed by atoms with Crippen molar-refractivity contribution in [3.05, 3.63) is 18.1 Å². The van der Waals surface area contributed by atoms with E-state index in [9.17, 15) is 4.79 Å². The van der Waals surface area contributed by atoms with Crippen molar-refractivity contribution < 1.29 is 13.9 Å². The number of nitrogens with one attached hydrogen (secondary N) is 1. The lowest BCUT2D eigenvalue weighted by atomic mass is 9.86. The van der Waals surface area contributed by atoms with E-state index in [2.05, 4.69) is 27.0 Å². The topological polar surface area (TPSA) is 82.2 Å². The highest BCUT2D eigenvalue weighted by atomic mass is 32.2. The highest BCUT2D eigenvalue weighted by Gasteiger charge is 2.25. The number of amides is 1. The van der Waals surface area contributed by atoms with Crippen LogP contribution in [0.15, 0.2) is 21.9 Å². The third-order valence-corrected chi connectivity index (χ3v) is 6.98. The molecule has 1 aliphatic heterocycles. The second kappa shape index (κ2) is 9.34. The zero-order valence-electron chi connectivity index (χ0n) is 17.2. The van der Waals surface area contributed by atoms with Gasteiger partial charge in [0.15, 0.2) is 11.0 Å². The summed E-state index contributed by atoms with van der Waals surface area (Å²) >= 11 is 1.44. The van der Waals surface area contributed by atoms with Gasteiger partial charge >= 0.3 is 0 Å². The predicted molar refractivity (Wildman–Crippen MR) is 112 cm³/mol. The molecule has 1 saturated heterocycles. The number of aryl methyl sites for hydroxylation is 1. The first-order valence-corrected chi connectivity index (χ1v) is 11.6. The Labute approximate surface area is 176 Å². The van der Waals surface area contributed by atoms with Crippen molar-refractivity contribution in [2.45, 2.75) is 76.2 Å². The van der Waals surface area contributed by atoms with Crippen LogP contribution in [-0.4, -0.2) is 45.2 Å². The average molecular weight is 419 g/mol. The number of hydrogen-bond donors (Lipinski definition) is 1. The van der Waals surface area contributed by atoms with Crippen LogP contribution in [-0.2, 0) is 16.1 Å². The Morgan fingerprint density at radius 3 is 2.86 bits per heavy atom. The number of hydrogen-bond acceptors (Lipinski definition) is 6. The van der Waals surface area contributed by atoms with Crippen LogP contribution >= 0.6 is 11.8 Å². The molecule has 3 atom stereocenters. The van der Waals surface area contributed by atoms with Crippen molar-refractivity contribution in [2.24, 2.45) is 5.92 Å². The summed E-state index contributed by atoms with van der Waals surface area (Å²) in [5.41, 5.74) is 0.933. The summed E-state index contributed by atoms with van der Waals surface area (Å²) in [5, 5.41) is 12.8. The van der Waals surface area contributed by atoms with E-state index in [0.29, 0.717) is 24.3 Å². The molecule has 8 heteroatoms. The van der Waals surface area contributed by atoms with Crippen LogP contribution in [0.3, 0.4) is 0 Å². The average Bonchev–Trinajstić information content (AvgIpc) is 3.44. The second-order valence-corrected chi connectivity index (χ2v) is 9.11. The summed E-state index contributed by atoms with van der Waals surface area (Å²) in [7, 11) is 0. The smallest absolute Gasteiger partial charge is 0.230 e. The molecule has 0 unspecified atom stereocenters. The van der Waals surface area contributed by atoms with Crippen molar-refractivity contribution >= 4 is 17.7 Å². The molecule has 2 aromatic heterocycles. The van der Waals surface area contributed by atoms with Gasteiger partial charge in [-0.3, -0.25) is 9.36 Å². The first-order chi connectivity index (χ1) is 14.1. The Bertz CT molecular complexity index is 828. The van der Waals surface area contributed by atoms with E-state index < -0.39 is 0 Å². The normalized spacial score (nSPS) is 24.7. The molecule has 1 aliphatic carbocycles. The van der Waals surface area contributed by atoms with E-state index in [-0.39, 0.29) is 12.0 Å². The number of nitrogens with zero attached hydrogens (tertiary/aromatic N) is 3. The van der Waals surface area contributed by atoms with Crippen LogP contribution in [0.1, 0.15) is 51.2 Å². The lowest BCUT2D eigenvalue weighted by molar-refractivity contribution is -0.119. The monoisotopic (exact) mass is 418 g/mol. The number of carbonyl (C=O) groups is 1. The number of ether oxygens (including phenoxy) is 1.